The van der Waals surface area contributed by atoms with Crippen LogP contribution in [0.5, 0.6) is 0 Å². The van der Waals surface area contributed by atoms with E-state index in [-0.39, 0.29) is 0 Å². The molecule has 0 spiro atoms. The molecule has 2 aliphatic carbocycles. The van der Waals surface area contributed by atoms with Gasteiger partial charge in [0.2, 0.25) is 5.95 Å². The van der Waals surface area contributed by atoms with Gasteiger partial charge in [-0.05, 0) is 55.6 Å². The number of nitrogens with two attached hydrogens (primary N) is 1. The Labute approximate surface area is 107 Å². The van der Waals surface area contributed by atoms with E-state index in [1.807, 2.05) is 0 Å². The van der Waals surface area contributed by atoms with E-state index in [2.05, 4.69) is 34.7 Å². The maximum Gasteiger partial charge on any atom is 0.201 e. The number of aryl methyl sites for hydroxylation is 1. The Morgan fingerprint density at radius 3 is 2.83 bits per heavy atom. The van der Waals surface area contributed by atoms with E-state index in [0.717, 1.165) is 18.0 Å². The maximum atomic E-state index is 6.13. The number of nitrogen functional groups attached to an aromatic ring is 1. The van der Waals surface area contributed by atoms with Crippen LogP contribution >= 0.6 is 0 Å². The van der Waals surface area contributed by atoms with Gasteiger partial charge in [0.25, 0.3) is 0 Å². The van der Waals surface area contributed by atoms with Gasteiger partial charge in [0.15, 0.2) is 0 Å². The summed E-state index contributed by atoms with van der Waals surface area (Å²) in [5.74, 6) is 1.64. The number of hydrogen-bond donors (Lipinski definition) is 1. The minimum Gasteiger partial charge on any atom is -0.369 e. The van der Waals surface area contributed by atoms with Crippen LogP contribution in [0.15, 0.2) is 18.2 Å². The number of rotatable bonds is 3. The van der Waals surface area contributed by atoms with Crippen molar-refractivity contribution in [1.29, 1.82) is 0 Å². The molecular weight excluding hydrogens is 222 g/mol. The molecule has 1 heterocycles. The summed E-state index contributed by atoms with van der Waals surface area (Å²) in [5, 5.41) is 0. The first-order valence-electron chi connectivity index (χ1n) is 6.91. The predicted molar refractivity (Wildman–Crippen MR) is 73.3 cm³/mol. The highest BCUT2D eigenvalue weighted by atomic mass is 15.2. The first-order valence-corrected chi connectivity index (χ1v) is 6.91. The lowest BCUT2D eigenvalue weighted by Gasteiger charge is -2.17. The number of benzene rings is 1. The van der Waals surface area contributed by atoms with Crippen LogP contribution in [0.3, 0.4) is 0 Å². The number of para-hydroxylation sites is 1. The highest BCUT2D eigenvalue weighted by Crippen LogP contribution is 2.62. The fraction of sp³-hybridized carbons (Fsp3) is 0.533. The molecule has 2 fully saturated rings. The van der Waals surface area contributed by atoms with Crippen molar-refractivity contribution in [2.45, 2.75) is 39.2 Å². The number of hydrogen-bond acceptors (Lipinski definition) is 2. The molecule has 1 aromatic carbocycles. The first-order chi connectivity index (χ1) is 8.70. The summed E-state index contributed by atoms with van der Waals surface area (Å²) in [6, 6.07) is 6.27. The Morgan fingerprint density at radius 1 is 1.39 bits per heavy atom. The van der Waals surface area contributed by atoms with Crippen LogP contribution in [0.1, 0.15) is 31.2 Å². The number of aromatic nitrogens is 2. The predicted octanol–water partition coefficient (Wildman–Crippen LogP) is 3.12. The number of nitrogens with zero attached hydrogens (tertiary/aromatic N) is 2. The zero-order valence-electron chi connectivity index (χ0n) is 10.8. The standard InChI is InChI=1S/C15H19N3/c1-10-3-2-4-12-13(10)18(14(16)17-12)9-15(7-8-15)11-5-6-11/h2-4,11H,5-9H2,1H3,(H2,16,17). The van der Waals surface area contributed by atoms with Crippen LogP contribution in [0.4, 0.5) is 5.95 Å². The highest BCUT2D eigenvalue weighted by molar-refractivity contribution is 5.81. The Kier molecular flexibility index (Phi) is 1.90. The molecule has 0 aliphatic heterocycles. The van der Waals surface area contributed by atoms with E-state index >= 15 is 0 Å². The van der Waals surface area contributed by atoms with Gasteiger partial charge in [0.05, 0.1) is 11.0 Å². The SMILES string of the molecule is Cc1cccc2nc(N)n(CC3(C4CC4)CC3)c12. The third-order valence-corrected chi connectivity index (χ3v) is 4.81. The molecule has 2 N–H and O–H groups in total. The van der Waals surface area contributed by atoms with Crippen molar-refractivity contribution in [2.24, 2.45) is 11.3 Å². The summed E-state index contributed by atoms with van der Waals surface area (Å²) < 4.78 is 2.26. The maximum absolute atomic E-state index is 6.13. The van der Waals surface area contributed by atoms with Crippen LogP contribution in [0.2, 0.25) is 0 Å². The summed E-state index contributed by atoms with van der Waals surface area (Å²) in [6.07, 6.45) is 5.60. The average molecular weight is 241 g/mol. The molecule has 2 aliphatic rings. The summed E-state index contributed by atoms with van der Waals surface area (Å²) in [5.41, 5.74) is 10.2. The molecule has 0 saturated heterocycles. The summed E-state index contributed by atoms with van der Waals surface area (Å²) in [7, 11) is 0. The molecular formula is C15H19N3. The Hall–Kier alpha value is -1.51. The first kappa shape index (κ1) is 10.4. The molecule has 94 valence electrons. The largest absolute Gasteiger partial charge is 0.369 e. The van der Waals surface area contributed by atoms with Crippen molar-refractivity contribution in [3.8, 4) is 0 Å². The monoisotopic (exact) mass is 241 g/mol. The van der Waals surface area contributed by atoms with Crippen molar-refractivity contribution in [1.82, 2.24) is 9.55 Å². The summed E-state index contributed by atoms with van der Waals surface area (Å²) in [6.45, 7) is 3.22. The van der Waals surface area contributed by atoms with E-state index in [9.17, 15) is 0 Å². The molecule has 3 nitrogen and oxygen atoms in total. The second-order valence-electron chi connectivity index (χ2n) is 6.14. The van der Waals surface area contributed by atoms with Crippen LogP contribution < -0.4 is 5.73 Å². The van der Waals surface area contributed by atoms with Gasteiger partial charge in [0.1, 0.15) is 0 Å². The second-order valence-corrected chi connectivity index (χ2v) is 6.14. The quantitative estimate of drug-likeness (QED) is 0.897. The molecule has 2 aromatic rings. The van der Waals surface area contributed by atoms with E-state index in [4.69, 9.17) is 5.73 Å². The number of anilines is 1. The van der Waals surface area contributed by atoms with Gasteiger partial charge in [0, 0.05) is 6.54 Å². The molecule has 0 unspecified atom stereocenters. The van der Waals surface area contributed by atoms with Crippen molar-refractivity contribution in [2.75, 3.05) is 5.73 Å². The van der Waals surface area contributed by atoms with Gasteiger partial charge in [-0.3, -0.25) is 0 Å². The van der Waals surface area contributed by atoms with Gasteiger partial charge >= 0.3 is 0 Å². The number of imidazole rings is 1. The van der Waals surface area contributed by atoms with Crippen molar-refractivity contribution >= 4 is 17.0 Å². The molecule has 0 bridgehead atoms. The normalized spacial score (nSPS) is 21.4. The van der Waals surface area contributed by atoms with Gasteiger partial charge in [-0.2, -0.15) is 0 Å². The molecule has 4 rings (SSSR count). The summed E-state index contributed by atoms with van der Waals surface area (Å²) >= 11 is 0. The lowest BCUT2D eigenvalue weighted by atomic mass is 10.0. The van der Waals surface area contributed by atoms with Crippen molar-refractivity contribution < 1.29 is 0 Å². The zero-order valence-corrected chi connectivity index (χ0v) is 10.8. The fourth-order valence-electron chi connectivity index (χ4n) is 3.41. The number of fused-ring (bicyclic) bond motifs is 1. The molecule has 3 heteroatoms. The topological polar surface area (TPSA) is 43.8 Å². The smallest absolute Gasteiger partial charge is 0.201 e. The van der Waals surface area contributed by atoms with E-state index in [0.29, 0.717) is 11.4 Å². The average Bonchev–Trinajstić information content (AvgIpc) is 3.21. The summed E-state index contributed by atoms with van der Waals surface area (Å²) in [4.78, 5) is 4.51. The van der Waals surface area contributed by atoms with E-state index in [1.54, 1.807) is 0 Å². The minimum atomic E-state index is 0.560. The van der Waals surface area contributed by atoms with E-state index in [1.165, 1.54) is 36.8 Å². The van der Waals surface area contributed by atoms with E-state index < -0.39 is 0 Å². The van der Waals surface area contributed by atoms with Gasteiger partial charge in [-0.1, -0.05) is 12.1 Å². The molecule has 0 atom stereocenters. The Balaban J connectivity index is 1.81. The van der Waals surface area contributed by atoms with Gasteiger partial charge < -0.3 is 10.3 Å². The van der Waals surface area contributed by atoms with Crippen LogP contribution in [0.25, 0.3) is 11.0 Å². The lowest BCUT2D eigenvalue weighted by molar-refractivity contribution is 0.377. The molecule has 0 radical (unpaired) electrons. The molecule has 2 saturated carbocycles. The second kappa shape index (κ2) is 3.28. The van der Waals surface area contributed by atoms with Crippen LogP contribution in [-0.4, -0.2) is 9.55 Å². The van der Waals surface area contributed by atoms with Crippen molar-refractivity contribution in [3.63, 3.8) is 0 Å². The molecule has 0 amide bonds. The fourth-order valence-corrected chi connectivity index (χ4v) is 3.41. The highest BCUT2D eigenvalue weighted by Gasteiger charge is 2.54. The Morgan fingerprint density at radius 2 is 2.17 bits per heavy atom. The van der Waals surface area contributed by atoms with Crippen LogP contribution in [0, 0.1) is 18.3 Å². The molecule has 18 heavy (non-hydrogen) atoms. The zero-order chi connectivity index (χ0) is 12.3. The minimum absolute atomic E-state index is 0.560. The molecule has 1 aromatic heterocycles. The van der Waals surface area contributed by atoms with Gasteiger partial charge in [-0.25, -0.2) is 4.98 Å². The lowest BCUT2D eigenvalue weighted by Crippen LogP contribution is -2.15. The van der Waals surface area contributed by atoms with Gasteiger partial charge in [-0.15, -0.1) is 0 Å². The Bertz CT molecular complexity index is 618. The van der Waals surface area contributed by atoms with Crippen molar-refractivity contribution in [3.05, 3.63) is 23.8 Å². The third-order valence-electron chi connectivity index (χ3n) is 4.81. The van der Waals surface area contributed by atoms with Crippen LogP contribution in [-0.2, 0) is 6.54 Å². The third kappa shape index (κ3) is 1.39.